The summed E-state index contributed by atoms with van der Waals surface area (Å²) in [5, 5.41) is 4.21. The van der Waals surface area contributed by atoms with E-state index in [1.807, 2.05) is 5.38 Å². The maximum atomic E-state index is 12.5. The molecule has 0 N–H and O–H groups in total. The molecule has 0 spiro atoms. The maximum absolute atomic E-state index is 12.5. The Hall–Kier alpha value is -1.72. The van der Waals surface area contributed by atoms with Crippen molar-refractivity contribution < 1.29 is 0 Å². The van der Waals surface area contributed by atoms with Crippen LogP contribution in [-0.4, -0.2) is 14.5 Å². The first-order valence-electron chi connectivity index (χ1n) is 6.94. The van der Waals surface area contributed by atoms with Crippen LogP contribution in [0.2, 0.25) is 5.02 Å². The van der Waals surface area contributed by atoms with Gasteiger partial charge in [-0.25, -0.2) is 9.97 Å². The third kappa shape index (κ3) is 2.91. The molecule has 2 heterocycles. The van der Waals surface area contributed by atoms with Gasteiger partial charge in [0.25, 0.3) is 5.56 Å². The first-order valence-corrected chi connectivity index (χ1v) is 8.20. The number of fused-ring (bicyclic) bond motifs is 1. The van der Waals surface area contributed by atoms with E-state index in [4.69, 9.17) is 11.6 Å². The molecule has 0 unspecified atom stereocenters. The van der Waals surface area contributed by atoms with Crippen molar-refractivity contribution in [2.75, 3.05) is 0 Å². The van der Waals surface area contributed by atoms with Crippen LogP contribution in [0.1, 0.15) is 31.5 Å². The van der Waals surface area contributed by atoms with E-state index in [1.54, 1.807) is 40.4 Å². The fraction of sp³-hybridized carbons (Fsp3) is 0.312. The van der Waals surface area contributed by atoms with Crippen LogP contribution < -0.4 is 5.56 Å². The van der Waals surface area contributed by atoms with Gasteiger partial charge in [0.2, 0.25) is 0 Å². The molecule has 0 aliphatic heterocycles. The summed E-state index contributed by atoms with van der Waals surface area (Å²) in [4.78, 5) is 21.4. The number of hydrogen-bond acceptors (Lipinski definition) is 4. The molecule has 3 aromatic rings. The standard InChI is InChI=1S/C16H16ClN3OS/c1-16(2,3)15-19-11(8-22-15)7-20-9-18-13-6-10(17)4-5-12(13)14(20)21/h4-6,8-9H,7H2,1-3H3. The van der Waals surface area contributed by atoms with Crippen molar-refractivity contribution in [2.24, 2.45) is 0 Å². The van der Waals surface area contributed by atoms with Crippen LogP contribution in [0, 0.1) is 0 Å². The van der Waals surface area contributed by atoms with E-state index in [2.05, 4.69) is 30.7 Å². The summed E-state index contributed by atoms with van der Waals surface area (Å²) in [5.74, 6) is 0. The molecule has 4 nitrogen and oxygen atoms in total. The molecule has 114 valence electrons. The zero-order chi connectivity index (χ0) is 15.9. The van der Waals surface area contributed by atoms with E-state index in [9.17, 15) is 4.79 Å². The molecule has 22 heavy (non-hydrogen) atoms. The highest BCUT2D eigenvalue weighted by atomic mass is 35.5. The van der Waals surface area contributed by atoms with Crippen molar-refractivity contribution in [1.82, 2.24) is 14.5 Å². The average molecular weight is 334 g/mol. The normalized spacial score (nSPS) is 12.0. The van der Waals surface area contributed by atoms with Gasteiger partial charge in [-0.15, -0.1) is 11.3 Å². The van der Waals surface area contributed by atoms with Crippen molar-refractivity contribution in [3.63, 3.8) is 0 Å². The molecule has 0 radical (unpaired) electrons. The lowest BCUT2D eigenvalue weighted by atomic mass is 9.98. The Labute approximate surface area is 137 Å². The van der Waals surface area contributed by atoms with Crippen LogP contribution >= 0.6 is 22.9 Å². The molecule has 1 aromatic carbocycles. The van der Waals surface area contributed by atoms with Gasteiger partial charge in [-0.05, 0) is 18.2 Å². The van der Waals surface area contributed by atoms with Gasteiger partial charge in [0, 0.05) is 15.8 Å². The Morgan fingerprint density at radius 2 is 2.09 bits per heavy atom. The molecular formula is C16H16ClN3OS. The predicted octanol–water partition coefficient (Wildman–Crippen LogP) is 3.85. The van der Waals surface area contributed by atoms with Crippen LogP contribution in [0.4, 0.5) is 0 Å². The summed E-state index contributed by atoms with van der Waals surface area (Å²) < 4.78 is 1.58. The molecule has 0 aliphatic carbocycles. The van der Waals surface area contributed by atoms with Crippen molar-refractivity contribution >= 4 is 33.8 Å². The fourth-order valence-corrected chi connectivity index (χ4v) is 3.21. The van der Waals surface area contributed by atoms with Gasteiger partial charge in [0.05, 0.1) is 34.5 Å². The Balaban J connectivity index is 1.98. The van der Waals surface area contributed by atoms with Gasteiger partial charge in [0.15, 0.2) is 0 Å². The maximum Gasteiger partial charge on any atom is 0.261 e. The van der Waals surface area contributed by atoms with Crippen molar-refractivity contribution in [3.8, 4) is 0 Å². The molecule has 0 saturated carbocycles. The molecule has 0 aliphatic rings. The molecule has 0 atom stereocenters. The first kappa shape index (κ1) is 15.2. The first-order chi connectivity index (χ1) is 10.3. The highest BCUT2D eigenvalue weighted by Gasteiger charge is 2.18. The number of benzene rings is 1. The van der Waals surface area contributed by atoms with E-state index >= 15 is 0 Å². The molecular weight excluding hydrogens is 318 g/mol. The largest absolute Gasteiger partial charge is 0.293 e. The molecule has 2 aromatic heterocycles. The lowest BCUT2D eigenvalue weighted by Gasteiger charge is -2.13. The van der Waals surface area contributed by atoms with Gasteiger partial charge < -0.3 is 0 Å². The number of thiazole rings is 1. The van der Waals surface area contributed by atoms with Gasteiger partial charge >= 0.3 is 0 Å². The minimum Gasteiger partial charge on any atom is -0.293 e. The minimum absolute atomic E-state index is 0.0201. The van der Waals surface area contributed by atoms with Crippen LogP contribution in [-0.2, 0) is 12.0 Å². The summed E-state index contributed by atoms with van der Waals surface area (Å²) in [5.41, 5.74) is 1.44. The Bertz CT molecular complexity index is 892. The Kier molecular flexibility index (Phi) is 3.78. The van der Waals surface area contributed by atoms with E-state index < -0.39 is 0 Å². The minimum atomic E-state index is -0.0769. The SMILES string of the molecule is CC(C)(C)c1nc(Cn2cnc3cc(Cl)ccc3c2=O)cs1. The van der Waals surface area contributed by atoms with Gasteiger partial charge in [-0.2, -0.15) is 0 Å². The zero-order valence-electron chi connectivity index (χ0n) is 12.6. The van der Waals surface area contributed by atoms with Crippen molar-refractivity contribution in [2.45, 2.75) is 32.7 Å². The number of hydrogen-bond donors (Lipinski definition) is 0. The summed E-state index contributed by atoms with van der Waals surface area (Å²) in [6.45, 7) is 6.81. The third-order valence-electron chi connectivity index (χ3n) is 3.31. The number of aromatic nitrogens is 3. The highest BCUT2D eigenvalue weighted by molar-refractivity contribution is 7.09. The van der Waals surface area contributed by atoms with Crippen LogP contribution in [0.3, 0.4) is 0 Å². The van der Waals surface area contributed by atoms with E-state index in [0.29, 0.717) is 22.5 Å². The van der Waals surface area contributed by atoms with Gasteiger partial charge in [-0.1, -0.05) is 32.4 Å². The molecule has 0 bridgehead atoms. The molecule has 0 saturated heterocycles. The number of rotatable bonds is 2. The summed E-state index contributed by atoms with van der Waals surface area (Å²) in [7, 11) is 0. The predicted molar refractivity (Wildman–Crippen MR) is 90.9 cm³/mol. The second-order valence-electron chi connectivity index (χ2n) is 6.23. The zero-order valence-corrected chi connectivity index (χ0v) is 14.2. The fourth-order valence-electron chi connectivity index (χ4n) is 2.14. The van der Waals surface area contributed by atoms with Crippen LogP contribution in [0.15, 0.2) is 34.7 Å². The molecule has 6 heteroatoms. The van der Waals surface area contributed by atoms with Crippen molar-refractivity contribution in [3.05, 3.63) is 56.0 Å². The Morgan fingerprint density at radius 1 is 1.32 bits per heavy atom. The number of nitrogens with zero attached hydrogens (tertiary/aromatic N) is 3. The monoisotopic (exact) mass is 333 g/mol. The van der Waals surface area contributed by atoms with Crippen LogP contribution in [0.5, 0.6) is 0 Å². The smallest absolute Gasteiger partial charge is 0.261 e. The van der Waals surface area contributed by atoms with E-state index in [-0.39, 0.29) is 11.0 Å². The van der Waals surface area contributed by atoms with Crippen molar-refractivity contribution in [1.29, 1.82) is 0 Å². The third-order valence-corrected chi connectivity index (χ3v) is 4.86. The summed E-state index contributed by atoms with van der Waals surface area (Å²) >= 11 is 7.55. The van der Waals surface area contributed by atoms with Gasteiger partial charge in [-0.3, -0.25) is 9.36 Å². The summed E-state index contributed by atoms with van der Waals surface area (Å²) in [6, 6.07) is 5.12. The quantitative estimate of drug-likeness (QED) is 0.715. The Morgan fingerprint density at radius 3 is 2.77 bits per heavy atom. The lowest BCUT2D eigenvalue weighted by molar-refractivity contribution is 0.580. The molecule has 0 fully saturated rings. The van der Waals surface area contributed by atoms with E-state index in [0.717, 1.165) is 10.7 Å². The highest BCUT2D eigenvalue weighted by Crippen LogP contribution is 2.25. The number of halogens is 1. The van der Waals surface area contributed by atoms with Gasteiger partial charge in [0.1, 0.15) is 0 Å². The lowest BCUT2D eigenvalue weighted by Crippen LogP contribution is -2.21. The molecule has 0 amide bonds. The molecule has 3 rings (SSSR count). The second kappa shape index (κ2) is 5.48. The topological polar surface area (TPSA) is 47.8 Å². The van der Waals surface area contributed by atoms with E-state index in [1.165, 1.54) is 0 Å². The summed E-state index contributed by atoms with van der Waals surface area (Å²) in [6.07, 6.45) is 1.55. The van der Waals surface area contributed by atoms with Crippen LogP contribution in [0.25, 0.3) is 10.9 Å². The average Bonchev–Trinajstić information content (AvgIpc) is 2.90. The second-order valence-corrected chi connectivity index (χ2v) is 7.53.